The lowest BCUT2D eigenvalue weighted by molar-refractivity contribution is 0.0251. The van der Waals surface area contributed by atoms with Gasteiger partial charge in [0.05, 0.1) is 0 Å². The molecule has 0 aliphatic heterocycles. The van der Waals surface area contributed by atoms with Gasteiger partial charge in [0, 0.05) is 17.1 Å². The molecular formula is C35H29NO2. The van der Waals surface area contributed by atoms with Gasteiger partial charge < -0.3 is 14.7 Å². The average Bonchev–Trinajstić information content (AvgIpc) is 2.99. The Hall–Kier alpha value is -4.86. The predicted octanol–water partition coefficient (Wildman–Crippen LogP) is 8.63. The summed E-state index contributed by atoms with van der Waals surface area (Å²) in [6.07, 6.45) is 2.52. The van der Waals surface area contributed by atoms with Crippen LogP contribution in [0.15, 0.2) is 152 Å². The fourth-order valence-electron chi connectivity index (χ4n) is 4.34. The smallest absolute Gasteiger partial charge is 0.216 e. The van der Waals surface area contributed by atoms with Crippen molar-refractivity contribution in [3.8, 4) is 5.75 Å². The summed E-state index contributed by atoms with van der Waals surface area (Å²) < 4.78 is 5.44. The summed E-state index contributed by atoms with van der Waals surface area (Å²) >= 11 is 0. The molecule has 0 aliphatic rings. The number of rotatable bonds is 9. The van der Waals surface area contributed by atoms with Crippen molar-refractivity contribution in [3.05, 3.63) is 169 Å². The Morgan fingerprint density at radius 2 is 1.08 bits per heavy atom. The third-order valence-electron chi connectivity index (χ3n) is 6.20. The van der Waals surface area contributed by atoms with Crippen molar-refractivity contribution in [1.29, 1.82) is 0 Å². The van der Waals surface area contributed by atoms with E-state index in [1.807, 2.05) is 54.6 Å². The number of aliphatic hydroxyl groups excluding tert-OH is 1. The largest absolute Gasteiger partial charge is 0.461 e. The summed E-state index contributed by atoms with van der Waals surface area (Å²) in [5.74, 6) is 0.583. The Morgan fingerprint density at radius 3 is 1.61 bits per heavy atom. The monoisotopic (exact) mass is 495 g/mol. The summed E-state index contributed by atoms with van der Waals surface area (Å²) in [4.78, 5) is 2.25. The van der Waals surface area contributed by atoms with Gasteiger partial charge in [-0.1, -0.05) is 97.6 Å². The van der Waals surface area contributed by atoms with Crippen LogP contribution in [-0.2, 0) is 0 Å². The fourth-order valence-corrected chi connectivity index (χ4v) is 4.34. The highest BCUT2D eigenvalue weighted by Crippen LogP contribution is 2.35. The van der Waals surface area contributed by atoms with E-state index in [0.29, 0.717) is 5.75 Å². The summed E-state index contributed by atoms with van der Waals surface area (Å²) in [5, 5.41) is 9.71. The van der Waals surface area contributed by atoms with Crippen molar-refractivity contribution in [1.82, 2.24) is 0 Å². The molecule has 186 valence electrons. The van der Waals surface area contributed by atoms with Gasteiger partial charge in [0.15, 0.2) is 0 Å². The maximum atomic E-state index is 9.71. The van der Waals surface area contributed by atoms with Crippen LogP contribution in [0, 0.1) is 0 Å². The molecule has 5 rings (SSSR count). The van der Waals surface area contributed by atoms with E-state index in [1.165, 1.54) is 6.08 Å². The lowest BCUT2D eigenvalue weighted by Gasteiger charge is -2.25. The molecule has 0 amide bonds. The highest BCUT2D eigenvalue weighted by atomic mass is 16.6. The molecule has 3 heteroatoms. The molecule has 1 unspecified atom stereocenters. The SMILES string of the molecule is C=CC(O)Oc1ccc(C(=Cc2ccc(N(c3ccccc3)c3ccccc3)cc2)c2ccccc2)cc1. The van der Waals surface area contributed by atoms with Gasteiger partial charge in [0.25, 0.3) is 0 Å². The molecule has 0 aliphatic carbocycles. The van der Waals surface area contributed by atoms with E-state index in [9.17, 15) is 5.11 Å². The first-order valence-corrected chi connectivity index (χ1v) is 12.6. The Morgan fingerprint density at radius 1 is 0.605 bits per heavy atom. The van der Waals surface area contributed by atoms with Crippen LogP contribution >= 0.6 is 0 Å². The molecule has 0 spiro atoms. The number of ether oxygens (including phenoxy) is 1. The number of hydrogen-bond acceptors (Lipinski definition) is 3. The highest BCUT2D eigenvalue weighted by molar-refractivity contribution is 5.92. The third kappa shape index (κ3) is 5.92. The van der Waals surface area contributed by atoms with E-state index < -0.39 is 6.29 Å². The Labute approximate surface area is 224 Å². The van der Waals surface area contributed by atoms with E-state index in [4.69, 9.17) is 4.74 Å². The maximum Gasteiger partial charge on any atom is 0.216 e. The van der Waals surface area contributed by atoms with E-state index in [2.05, 4.69) is 102 Å². The number of benzene rings is 5. The van der Waals surface area contributed by atoms with Crippen LogP contribution < -0.4 is 9.64 Å². The molecule has 0 saturated heterocycles. The van der Waals surface area contributed by atoms with Crippen LogP contribution in [0.4, 0.5) is 17.1 Å². The molecule has 5 aromatic carbocycles. The molecule has 0 fully saturated rings. The predicted molar refractivity (Wildman–Crippen MR) is 158 cm³/mol. The van der Waals surface area contributed by atoms with Gasteiger partial charge in [-0.05, 0) is 82.9 Å². The van der Waals surface area contributed by atoms with Crippen LogP contribution in [0.5, 0.6) is 5.75 Å². The molecule has 0 bridgehead atoms. The first-order valence-electron chi connectivity index (χ1n) is 12.6. The molecule has 1 atom stereocenters. The van der Waals surface area contributed by atoms with Crippen molar-refractivity contribution in [2.45, 2.75) is 6.29 Å². The van der Waals surface area contributed by atoms with Gasteiger partial charge in [-0.2, -0.15) is 0 Å². The van der Waals surface area contributed by atoms with Crippen LogP contribution in [0.25, 0.3) is 11.6 Å². The second-order valence-corrected chi connectivity index (χ2v) is 8.79. The van der Waals surface area contributed by atoms with Gasteiger partial charge in [-0.25, -0.2) is 0 Å². The summed E-state index contributed by atoms with van der Waals surface area (Å²) in [6, 6.07) is 47.4. The summed E-state index contributed by atoms with van der Waals surface area (Å²) in [7, 11) is 0. The molecule has 5 aromatic rings. The van der Waals surface area contributed by atoms with E-state index in [-0.39, 0.29) is 0 Å². The minimum atomic E-state index is -1.03. The Balaban J connectivity index is 1.50. The minimum absolute atomic E-state index is 0.583. The van der Waals surface area contributed by atoms with Gasteiger partial charge in [-0.3, -0.25) is 0 Å². The third-order valence-corrected chi connectivity index (χ3v) is 6.20. The number of hydrogen-bond donors (Lipinski definition) is 1. The standard InChI is InChI=1S/C35H29NO2/c1-2-35(37)38-33-24-20-29(21-25-33)34(28-12-6-3-7-13-28)26-27-18-22-32(23-19-27)36(30-14-8-4-9-15-30)31-16-10-5-11-17-31/h2-26,35,37H,1H2. The molecule has 1 N–H and O–H groups in total. The molecule has 0 radical (unpaired) electrons. The summed E-state index contributed by atoms with van der Waals surface area (Å²) in [5.41, 5.74) is 7.66. The van der Waals surface area contributed by atoms with Crippen molar-refractivity contribution in [2.24, 2.45) is 0 Å². The van der Waals surface area contributed by atoms with Gasteiger partial charge in [-0.15, -0.1) is 0 Å². The number of nitrogens with zero attached hydrogens (tertiary/aromatic N) is 1. The molecule has 0 saturated carbocycles. The van der Waals surface area contributed by atoms with Crippen LogP contribution in [-0.4, -0.2) is 11.4 Å². The van der Waals surface area contributed by atoms with Crippen molar-refractivity contribution >= 4 is 28.7 Å². The fraction of sp³-hybridized carbons (Fsp3) is 0.0286. The van der Waals surface area contributed by atoms with E-state index in [0.717, 1.165) is 39.3 Å². The minimum Gasteiger partial charge on any atom is -0.461 e. The second kappa shape index (κ2) is 11.9. The first kappa shape index (κ1) is 24.8. The topological polar surface area (TPSA) is 32.7 Å². The first-order chi connectivity index (χ1) is 18.7. The zero-order chi connectivity index (χ0) is 26.2. The highest BCUT2D eigenvalue weighted by Gasteiger charge is 2.12. The van der Waals surface area contributed by atoms with Gasteiger partial charge in [0.1, 0.15) is 5.75 Å². The normalized spacial score (nSPS) is 12.0. The van der Waals surface area contributed by atoms with Crippen molar-refractivity contribution < 1.29 is 9.84 Å². The van der Waals surface area contributed by atoms with Crippen molar-refractivity contribution in [2.75, 3.05) is 4.90 Å². The summed E-state index contributed by atoms with van der Waals surface area (Å²) in [6.45, 7) is 3.55. The molecule has 38 heavy (non-hydrogen) atoms. The Kier molecular flexibility index (Phi) is 7.78. The molecule has 0 aromatic heterocycles. The molecule has 3 nitrogen and oxygen atoms in total. The molecular weight excluding hydrogens is 466 g/mol. The van der Waals surface area contributed by atoms with Crippen LogP contribution in [0.2, 0.25) is 0 Å². The zero-order valence-corrected chi connectivity index (χ0v) is 21.0. The van der Waals surface area contributed by atoms with Crippen molar-refractivity contribution in [3.63, 3.8) is 0 Å². The number of para-hydroxylation sites is 2. The lowest BCUT2D eigenvalue weighted by Crippen LogP contribution is -2.11. The van der Waals surface area contributed by atoms with E-state index in [1.54, 1.807) is 0 Å². The number of anilines is 3. The van der Waals surface area contributed by atoms with Gasteiger partial charge >= 0.3 is 0 Å². The molecule has 0 heterocycles. The Bertz CT molecular complexity index is 1440. The zero-order valence-electron chi connectivity index (χ0n) is 21.0. The number of aliphatic hydroxyl groups is 1. The van der Waals surface area contributed by atoms with Gasteiger partial charge in [0.2, 0.25) is 6.29 Å². The maximum absolute atomic E-state index is 9.71. The quantitative estimate of drug-likeness (QED) is 0.126. The average molecular weight is 496 g/mol. The van der Waals surface area contributed by atoms with E-state index >= 15 is 0 Å². The second-order valence-electron chi connectivity index (χ2n) is 8.79. The van der Waals surface area contributed by atoms with Crippen LogP contribution in [0.3, 0.4) is 0 Å². The van der Waals surface area contributed by atoms with Crippen LogP contribution in [0.1, 0.15) is 16.7 Å². The lowest BCUT2D eigenvalue weighted by atomic mass is 9.95.